The topological polar surface area (TPSA) is 78.4 Å². The van der Waals surface area contributed by atoms with Crippen LogP contribution >= 0.6 is 0 Å². The number of rotatable bonds is 3. The lowest BCUT2D eigenvalue weighted by Gasteiger charge is -2.21. The molecule has 0 saturated carbocycles. The minimum Gasteiger partial charge on any atom is -0.480 e. The first-order chi connectivity index (χ1) is 8.63. The fraction of sp³-hybridized carbons (Fsp3) is 0.333. The standard InChI is InChI=1S/C12H14F2N2O3/c1-6-4-8(14)9(5-7(6)13)15-11(19)16-12(2,3)10(17)18/h4-5H,1-3H3,(H,17,18)(H2,15,16,19). The van der Waals surface area contributed by atoms with Crippen molar-refractivity contribution in [3.05, 3.63) is 29.3 Å². The van der Waals surface area contributed by atoms with Gasteiger partial charge in [-0.1, -0.05) is 0 Å². The Morgan fingerprint density at radius 2 is 1.79 bits per heavy atom. The minimum absolute atomic E-state index is 0.106. The van der Waals surface area contributed by atoms with Crippen molar-refractivity contribution < 1.29 is 23.5 Å². The molecule has 0 aliphatic rings. The van der Waals surface area contributed by atoms with Gasteiger partial charge in [0.2, 0.25) is 0 Å². The van der Waals surface area contributed by atoms with E-state index in [-0.39, 0.29) is 11.3 Å². The molecule has 0 aliphatic carbocycles. The molecule has 1 aromatic rings. The van der Waals surface area contributed by atoms with E-state index < -0.39 is 29.2 Å². The van der Waals surface area contributed by atoms with E-state index in [1.54, 1.807) is 0 Å². The van der Waals surface area contributed by atoms with Gasteiger partial charge in [-0.15, -0.1) is 0 Å². The Balaban J connectivity index is 2.84. The molecule has 2 amide bonds. The number of hydrogen-bond donors (Lipinski definition) is 3. The first-order valence-electron chi connectivity index (χ1n) is 5.41. The maximum absolute atomic E-state index is 13.5. The van der Waals surface area contributed by atoms with Gasteiger partial charge in [-0.25, -0.2) is 18.4 Å². The number of aryl methyl sites for hydroxylation is 1. The second-order valence-corrected chi connectivity index (χ2v) is 4.59. The number of amides is 2. The highest BCUT2D eigenvalue weighted by Gasteiger charge is 2.29. The summed E-state index contributed by atoms with van der Waals surface area (Å²) in [5.41, 5.74) is -1.78. The lowest BCUT2D eigenvalue weighted by Crippen LogP contribution is -2.51. The third kappa shape index (κ3) is 3.64. The molecule has 1 rings (SSSR count). The Morgan fingerprint density at radius 3 is 2.32 bits per heavy atom. The van der Waals surface area contributed by atoms with Crippen molar-refractivity contribution in [1.82, 2.24) is 5.32 Å². The number of benzene rings is 1. The van der Waals surface area contributed by atoms with Crippen molar-refractivity contribution in [1.29, 1.82) is 0 Å². The quantitative estimate of drug-likeness (QED) is 0.789. The molecular weight excluding hydrogens is 258 g/mol. The van der Waals surface area contributed by atoms with Crippen molar-refractivity contribution in [2.45, 2.75) is 26.3 Å². The van der Waals surface area contributed by atoms with Gasteiger partial charge in [0.15, 0.2) is 0 Å². The number of carbonyl (C=O) groups excluding carboxylic acids is 1. The van der Waals surface area contributed by atoms with Crippen LogP contribution in [0.3, 0.4) is 0 Å². The van der Waals surface area contributed by atoms with E-state index in [9.17, 15) is 18.4 Å². The molecular formula is C12H14F2N2O3. The number of carboxylic acid groups (broad SMARTS) is 1. The summed E-state index contributed by atoms with van der Waals surface area (Å²) in [5, 5.41) is 13.0. The monoisotopic (exact) mass is 272 g/mol. The zero-order valence-corrected chi connectivity index (χ0v) is 10.7. The van der Waals surface area contributed by atoms with E-state index >= 15 is 0 Å². The highest BCUT2D eigenvalue weighted by atomic mass is 19.1. The summed E-state index contributed by atoms with van der Waals surface area (Å²) in [6.07, 6.45) is 0. The number of hydrogen-bond acceptors (Lipinski definition) is 2. The molecule has 0 atom stereocenters. The second-order valence-electron chi connectivity index (χ2n) is 4.59. The number of nitrogens with one attached hydrogen (secondary N) is 2. The van der Waals surface area contributed by atoms with Crippen LogP contribution < -0.4 is 10.6 Å². The van der Waals surface area contributed by atoms with E-state index in [4.69, 9.17) is 5.11 Å². The fourth-order valence-corrected chi connectivity index (χ4v) is 1.23. The molecule has 0 aliphatic heterocycles. The van der Waals surface area contributed by atoms with Crippen LogP contribution in [0.25, 0.3) is 0 Å². The highest BCUT2D eigenvalue weighted by Crippen LogP contribution is 2.18. The van der Waals surface area contributed by atoms with Gasteiger partial charge in [-0.05, 0) is 32.4 Å². The predicted molar refractivity (Wildman–Crippen MR) is 65.0 cm³/mol. The molecule has 5 nitrogen and oxygen atoms in total. The zero-order chi connectivity index (χ0) is 14.8. The molecule has 19 heavy (non-hydrogen) atoms. The van der Waals surface area contributed by atoms with Crippen molar-refractivity contribution in [2.24, 2.45) is 0 Å². The average molecular weight is 272 g/mol. The first-order valence-corrected chi connectivity index (χ1v) is 5.41. The Kier molecular flexibility index (Phi) is 4.08. The molecule has 0 bridgehead atoms. The molecule has 0 heterocycles. The van der Waals surface area contributed by atoms with E-state index in [2.05, 4.69) is 10.6 Å². The van der Waals surface area contributed by atoms with E-state index in [0.29, 0.717) is 0 Å². The normalized spacial score (nSPS) is 11.0. The molecule has 3 N–H and O–H groups in total. The minimum atomic E-state index is -1.52. The summed E-state index contributed by atoms with van der Waals surface area (Å²) < 4.78 is 26.7. The molecule has 0 aromatic heterocycles. The number of aliphatic carboxylic acids is 1. The number of halogens is 2. The van der Waals surface area contributed by atoms with Crippen LogP contribution in [0.2, 0.25) is 0 Å². The summed E-state index contributed by atoms with van der Waals surface area (Å²) in [6.45, 7) is 3.91. The Morgan fingerprint density at radius 1 is 1.21 bits per heavy atom. The van der Waals surface area contributed by atoms with Crippen LogP contribution in [-0.2, 0) is 4.79 Å². The van der Waals surface area contributed by atoms with Gasteiger partial charge < -0.3 is 15.7 Å². The van der Waals surface area contributed by atoms with Crippen LogP contribution in [0.15, 0.2) is 12.1 Å². The van der Waals surface area contributed by atoms with Crippen LogP contribution in [0.5, 0.6) is 0 Å². The van der Waals surface area contributed by atoms with Gasteiger partial charge in [0.1, 0.15) is 17.2 Å². The van der Waals surface area contributed by atoms with Crippen LogP contribution in [0, 0.1) is 18.6 Å². The zero-order valence-electron chi connectivity index (χ0n) is 10.7. The van der Waals surface area contributed by atoms with Gasteiger partial charge in [-0.3, -0.25) is 0 Å². The maximum Gasteiger partial charge on any atom is 0.328 e. The fourth-order valence-electron chi connectivity index (χ4n) is 1.23. The van der Waals surface area contributed by atoms with Crippen LogP contribution in [0.1, 0.15) is 19.4 Å². The summed E-state index contributed by atoms with van der Waals surface area (Å²) in [5.74, 6) is -2.73. The van der Waals surface area contributed by atoms with Crippen molar-refractivity contribution in [2.75, 3.05) is 5.32 Å². The van der Waals surface area contributed by atoms with Crippen molar-refractivity contribution >= 4 is 17.7 Å². The SMILES string of the molecule is Cc1cc(F)c(NC(=O)NC(C)(C)C(=O)O)cc1F. The van der Waals surface area contributed by atoms with Gasteiger partial charge >= 0.3 is 12.0 Å². The number of carbonyl (C=O) groups is 2. The Bertz CT molecular complexity index is 530. The maximum atomic E-state index is 13.5. The highest BCUT2D eigenvalue weighted by molar-refractivity contribution is 5.93. The third-order valence-electron chi connectivity index (χ3n) is 2.46. The lowest BCUT2D eigenvalue weighted by atomic mass is 10.1. The number of anilines is 1. The number of urea groups is 1. The van der Waals surface area contributed by atoms with Crippen LogP contribution in [-0.4, -0.2) is 22.6 Å². The van der Waals surface area contributed by atoms with E-state index in [1.807, 2.05) is 0 Å². The molecule has 0 fully saturated rings. The predicted octanol–water partition coefficient (Wildman–Crippen LogP) is 2.26. The average Bonchev–Trinajstić information content (AvgIpc) is 2.24. The lowest BCUT2D eigenvalue weighted by molar-refractivity contribution is -0.142. The van der Waals surface area contributed by atoms with Crippen LogP contribution in [0.4, 0.5) is 19.3 Å². The van der Waals surface area contributed by atoms with Crippen molar-refractivity contribution in [3.8, 4) is 0 Å². The number of carboxylic acids is 1. The molecule has 7 heteroatoms. The van der Waals surface area contributed by atoms with Gasteiger partial charge in [-0.2, -0.15) is 0 Å². The molecule has 104 valence electrons. The van der Waals surface area contributed by atoms with Crippen molar-refractivity contribution in [3.63, 3.8) is 0 Å². The third-order valence-corrected chi connectivity index (χ3v) is 2.46. The molecule has 0 unspecified atom stereocenters. The Labute approximate surface area is 108 Å². The summed E-state index contributed by atoms with van der Waals surface area (Å²) in [4.78, 5) is 22.3. The smallest absolute Gasteiger partial charge is 0.328 e. The molecule has 1 aromatic carbocycles. The van der Waals surface area contributed by atoms with Gasteiger partial charge in [0.25, 0.3) is 0 Å². The molecule has 0 radical (unpaired) electrons. The van der Waals surface area contributed by atoms with E-state index in [1.165, 1.54) is 20.8 Å². The van der Waals surface area contributed by atoms with Gasteiger partial charge in [0.05, 0.1) is 5.69 Å². The summed E-state index contributed by atoms with van der Waals surface area (Å²) in [7, 11) is 0. The van der Waals surface area contributed by atoms with E-state index in [0.717, 1.165) is 12.1 Å². The second kappa shape index (κ2) is 5.21. The summed E-state index contributed by atoms with van der Waals surface area (Å²) >= 11 is 0. The molecule has 0 spiro atoms. The largest absolute Gasteiger partial charge is 0.480 e. The van der Waals surface area contributed by atoms with Gasteiger partial charge in [0, 0.05) is 6.07 Å². The first kappa shape index (κ1) is 14.9. The Hall–Kier alpha value is -2.18. The summed E-state index contributed by atoms with van der Waals surface area (Å²) in [6, 6.07) is 0.834. The molecule has 0 saturated heterocycles.